The quantitative estimate of drug-likeness (QED) is 0.731. The molecule has 0 spiro atoms. The zero-order chi connectivity index (χ0) is 13.4. The lowest BCUT2D eigenvalue weighted by molar-refractivity contribution is 0.287. The number of rotatable bonds is 6. The SMILES string of the molecule is CCCNCC1CCN(CC2C(C)(C)C2(C)C)C1. The molecular weight excluding hydrogens is 220 g/mol. The second-order valence-corrected chi connectivity index (χ2v) is 7.61. The van der Waals surface area contributed by atoms with Crippen molar-refractivity contribution in [2.45, 2.75) is 47.5 Å². The van der Waals surface area contributed by atoms with Gasteiger partial charge < -0.3 is 10.2 Å². The maximum absolute atomic E-state index is 3.57. The summed E-state index contributed by atoms with van der Waals surface area (Å²) in [5, 5.41) is 3.57. The van der Waals surface area contributed by atoms with Crippen molar-refractivity contribution in [3.8, 4) is 0 Å². The molecule has 106 valence electrons. The van der Waals surface area contributed by atoms with Crippen molar-refractivity contribution in [3.63, 3.8) is 0 Å². The van der Waals surface area contributed by atoms with Gasteiger partial charge >= 0.3 is 0 Å². The average Bonchev–Trinajstić information content (AvgIpc) is 2.69. The molecule has 1 saturated heterocycles. The number of nitrogens with zero attached hydrogens (tertiary/aromatic N) is 1. The van der Waals surface area contributed by atoms with Gasteiger partial charge in [-0.25, -0.2) is 0 Å². The fourth-order valence-electron chi connectivity index (χ4n) is 3.78. The van der Waals surface area contributed by atoms with Gasteiger partial charge in [0.1, 0.15) is 0 Å². The standard InChI is InChI=1S/C16H32N2/c1-6-8-17-10-13-7-9-18(11-13)12-14-15(2,3)16(14,4)5/h13-14,17H,6-12H2,1-5H3. The van der Waals surface area contributed by atoms with E-state index in [9.17, 15) is 0 Å². The highest BCUT2D eigenvalue weighted by Crippen LogP contribution is 2.68. The highest BCUT2D eigenvalue weighted by molar-refractivity contribution is 5.13. The smallest absolute Gasteiger partial charge is 0.00224 e. The topological polar surface area (TPSA) is 15.3 Å². The monoisotopic (exact) mass is 252 g/mol. The molecule has 2 aliphatic rings. The Morgan fingerprint density at radius 1 is 1.17 bits per heavy atom. The largest absolute Gasteiger partial charge is 0.316 e. The fraction of sp³-hybridized carbons (Fsp3) is 1.00. The molecule has 1 saturated carbocycles. The van der Waals surface area contributed by atoms with Crippen LogP contribution in [-0.2, 0) is 0 Å². The minimum atomic E-state index is 0.547. The van der Waals surface area contributed by atoms with E-state index in [1.54, 1.807) is 0 Å². The van der Waals surface area contributed by atoms with Crippen molar-refractivity contribution >= 4 is 0 Å². The molecule has 1 aliphatic carbocycles. The van der Waals surface area contributed by atoms with Crippen molar-refractivity contribution in [2.75, 3.05) is 32.7 Å². The summed E-state index contributed by atoms with van der Waals surface area (Å²) in [6.45, 7) is 18.4. The molecule has 18 heavy (non-hydrogen) atoms. The highest BCUT2D eigenvalue weighted by atomic mass is 15.2. The lowest BCUT2D eigenvalue weighted by Gasteiger charge is -2.17. The van der Waals surface area contributed by atoms with Gasteiger partial charge in [0.05, 0.1) is 0 Å². The third kappa shape index (κ3) is 2.60. The molecular formula is C16H32N2. The van der Waals surface area contributed by atoms with E-state index in [4.69, 9.17) is 0 Å². The summed E-state index contributed by atoms with van der Waals surface area (Å²) < 4.78 is 0. The minimum Gasteiger partial charge on any atom is -0.316 e. The summed E-state index contributed by atoms with van der Waals surface area (Å²) in [5.74, 6) is 1.79. The Balaban J connectivity index is 1.71. The summed E-state index contributed by atoms with van der Waals surface area (Å²) in [5.41, 5.74) is 1.09. The molecule has 0 aromatic heterocycles. The van der Waals surface area contributed by atoms with Gasteiger partial charge in [-0.1, -0.05) is 34.6 Å². The lowest BCUT2D eigenvalue weighted by atomic mass is 10.0. The van der Waals surface area contributed by atoms with Gasteiger partial charge in [0.25, 0.3) is 0 Å². The van der Waals surface area contributed by atoms with Crippen LogP contribution in [0, 0.1) is 22.7 Å². The summed E-state index contributed by atoms with van der Waals surface area (Å²) in [6.07, 6.45) is 2.64. The molecule has 1 aliphatic heterocycles. The van der Waals surface area contributed by atoms with Crippen LogP contribution in [0.25, 0.3) is 0 Å². The van der Waals surface area contributed by atoms with Gasteiger partial charge in [0, 0.05) is 13.1 Å². The van der Waals surface area contributed by atoms with E-state index < -0.39 is 0 Å². The molecule has 2 nitrogen and oxygen atoms in total. The molecule has 1 N–H and O–H groups in total. The van der Waals surface area contributed by atoms with Gasteiger partial charge in [-0.15, -0.1) is 0 Å². The molecule has 2 rings (SSSR count). The first-order valence-corrected chi connectivity index (χ1v) is 7.82. The van der Waals surface area contributed by atoms with E-state index in [1.807, 2.05) is 0 Å². The highest BCUT2D eigenvalue weighted by Gasteiger charge is 2.64. The van der Waals surface area contributed by atoms with Crippen molar-refractivity contribution < 1.29 is 0 Å². The van der Waals surface area contributed by atoms with Crippen LogP contribution in [0.2, 0.25) is 0 Å². The Hall–Kier alpha value is -0.0800. The van der Waals surface area contributed by atoms with Crippen LogP contribution in [-0.4, -0.2) is 37.6 Å². The molecule has 0 aromatic carbocycles. The molecule has 1 unspecified atom stereocenters. The van der Waals surface area contributed by atoms with Gasteiger partial charge in [0.15, 0.2) is 0 Å². The van der Waals surface area contributed by atoms with Crippen molar-refractivity contribution in [1.29, 1.82) is 0 Å². The lowest BCUT2D eigenvalue weighted by Crippen LogP contribution is -2.28. The van der Waals surface area contributed by atoms with E-state index in [-0.39, 0.29) is 0 Å². The second kappa shape index (κ2) is 5.13. The van der Waals surface area contributed by atoms with E-state index in [1.165, 1.54) is 45.6 Å². The van der Waals surface area contributed by atoms with E-state index in [0.29, 0.717) is 10.8 Å². The van der Waals surface area contributed by atoms with Crippen LogP contribution < -0.4 is 5.32 Å². The van der Waals surface area contributed by atoms with Gasteiger partial charge in [0.2, 0.25) is 0 Å². The molecule has 2 fully saturated rings. The first-order chi connectivity index (χ1) is 8.39. The predicted molar refractivity (Wildman–Crippen MR) is 78.8 cm³/mol. The van der Waals surface area contributed by atoms with Crippen molar-refractivity contribution in [3.05, 3.63) is 0 Å². The number of hydrogen-bond acceptors (Lipinski definition) is 2. The number of likely N-dealkylation sites (tertiary alicyclic amines) is 1. The predicted octanol–water partition coefficient (Wildman–Crippen LogP) is 2.99. The second-order valence-electron chi connectivity index (χ2n) is 7.61. The zero-order valence-corrected chi connectivity index (χ0v) is 13.1. The van der Waals surface area contributed by atoms with Crippen LogP contribution in [0.3, 0.4) is 0 Å². The van der Waals surface area contributed by atoms with Crippen molar-refractivity contribution in [2.24, 2.45) is 22.7 Å². The molecule has 2 heteroatoms. The third-order valence-corrected chi connectivity index (χ3v) is 5.99. The Labute approximate surface area is 114 Å². The molecule has 1 atom stereocenters. The van der Waals surface area contributed by atoms with E-state index in [2.05, 4.69) is 44.8 Å². The first kappa shape index (κ1) is 14.3. The van der Waals surface area contributed by atoms with Crippen LogP contribution >= 0.6 is 0 Å². The molecule has 0 radical (unpaired) electrons. The van der Waals surface area contributed by atoms with Crippen LogP contribution in [0.15, 0.2) is 0 Å². The number of hydrogen-bond donors (Lipinski definition) is 1. The zero-order valence-electron chi connectivity index (χ0n) is 13.1. The maximum atomic E-state index is 3.57. The Morgan fingerprint density at radius 3 is 2.39 bits per heavy atom. The third-order valence-electron chi connectivity index (χ3n) is 5.99. The Morgan fingerprint density at radius 2 is 1.83 bits per heavy atom. The average molecular weight is 252 g/mol. The number of nitrogens with one attached hydrogen (secondary N) is 1. The summed E-state index contributed by atoms with van der Waals surface area (Å²) in [6, 6.07) is 0. The minimum absolute atomic E-state index is 0.547. The van der Waals surface area contributed by atoms with Crippen LogP contribution in [0.4, 0.5) is 0 Å². The maximum Gasteiger partial charge on any atom is 0.00224 e. The summed E-state index contributed by atoms with van der Waals surface area (Å²) in [7, 11) is 0. The Kier molecular flexibility index (Phi) is 4.08. The van der Waals surface area contributed by atoms with Crippen LogP contribution in [0.1, 0.15) is 47.5 Å². The van der Waals surface area contributed by atoms with Crippen molar-refractivity contribution in [1.82, 2.24) is 10.2 Å². The first-order valence-electron chi connectivity index (χ1n) is 7.82. The van der Waals surface area contributed by atoms with E-state index >= 15 is 0 Å². The molecule has 0 bridgehead atoms. The molecule has 0 amide bonds. The summed E-state index contributed by atoms with van der Waals surface area (Å²) >= 11 is 0. The summed E-state index contributed by atoms with van der Waals surface area (Å²) in [4.78, 5) is 2.71. The normalized spacial score (nSPS) is 30.8. The van der Waals surface area contributed by atoms with E-state index in [0.717, 1.165) is 11.8 Å². The van der Waals surface area contributed by atoms with Crippen LogP contribution in [0.5, 0.6) is 0 Å². The fourth-order valence-corrected chi connectivity index (χ4v) is 3.78. The Bertz CT molecular complexity index is 269. The van der Waals surface area contributed by atoms with Gasteiger partial charge in [-0.3, -0.25) is 0 Å². The van der Waals surface area contributed by atoms with Gasteiger partial charge in [-0.05, 0) is 55.1 Å². The molecule has 0 aromatic rings. The van der Waals surface area contributed by atoms with Gasteiger partial charge in [-0.2, -0.15) is 0 Å². The molecule has 1 heterocycles.